The average Bonchev–Trinajstić information content (AvgIpc) is 2.69. The lowest BCUT2D eigenvalue weighted by atomic mass is 10.0. The van der Waals surface area contributed by atoms with Gasteiger partial charge in [0, 0.05) is 22.5 Å². The van der Waals surface area contributed by atoms with E-state index < -0.39 is 12.1 Å². The lowest BCUT2D eigenvalue weighted by Gasteiger charge is -2.15. The van der Waals surface area contributed by atoms with Crippen LogP contribution in [0.5, 0.6) is 5.75 Å². The standard InChI is InChI=1S/C16H13BrO3/c1-8-13(17)7-12-10-5-3-4-6-11(10)15(19)14(12)16(8)20-9(2)18/h3-7,15,19H,1-2H3. The normalized spacial score (nSPS) is 15.7. The Hall–Kier alpha value is -1.65. The van der Waals surface area contributed by atoms with Crippen LogP contribution in [-0.4, -0.2) is 11.1 Å². The lowest BCUT2D eigenvalue weighted by Crippen LogP contribution is -2.07. The van der Waals surface area contributed by atoms with Gasteiger partial charge in [0.1, 0.15) is 11.9 Å². The fraction of sp³-hybridized carbons (Fsp3) is 0.188. The van der Waals surface area contributed by atoms with E-state index in [0.717, 1.165) is 26.7 Å². The summed E-state index contributed by atoms with van der Waals surface area (Å²) in [5.41, 5.74) is 4.20. The van der Waals surface area contributed by atoms with Crippen molar-refractivity contribution in [2.24, 2.45) is 0 Å². The van der Waals surface area contributed by atoms with Crippen molar-refractivity contribution in [3.05, 3.63) is 51.5 Å². The topological polar surface area (TPSA) is 46.5 Å². The number of ether oxygens (including phenoxy) is 1. The van der Waals surface area contributed by atoms with Crippen LogP contribution in [0.15, 0.2) is 34.8 Å². The van der Waals surface area contributed by atoms with Crippen LogP contribution < -0.4 is 4.74 Å². The predicted molar refractivity (Wildman–Crippen MR) is 79.7 cm³/mol. The third kappa shape index (κ3) is 1.87. The van der Waals surface area contributed by atoms with E-state index in [0.29, 0.717) is 11.3 Å². The fourth-order valence-electron chi connectivity index (χ4n) is 2.65. The van der Waals surface area contributed by atoms with Gasteiger partial charge in [-0.15, -0.1) is 0 Å². The zero-order valence-electron chi connectivity index (χ0n) is 11.1. The Balaban J connectivity index is 2.31. The van der Waals surface area contributed by atoms with Gasteiger partial charge in [-0.3, -0.25) is 4.79 Å². The Morgan fingerprint density at radius 1 is 1.30 bits per heavy atom. The van der Waals surface area contributed by atoms with Crippen molar-refractivity contribution in [2.45, 2.75) is 20.0 Å². The second kappa shape index (κ2) is 4.72. The van der Waals surface area contributed by atoms with Gasteiger partial charge in [0.2, 0.25) is 0 Å². The van der Waals surface area contributed by atoms with Crippen LogP contribution in [0.2, 0.25) is 0 Å². The van der Waals surface area contributed by atoms with Gasteiger partial charge in [-0.05, 0) is 29.7 Å². The molecule has 1 N–H and O–H groups in total. The van der Waals surface area contributed by atoms with Gasteiger partial charge in [-0.1, -0.05) is 40.2 Å². The summed E-state index contributed by atoms with van der Waals surface area (Å²) in [5, 5.41) is 10.5. The Bertz CT molecular complexity index is 722. The van der Waals surface area contributed by atoms with E-state index in [2.05, 4.69) is 15.9 Å². The van der Waals surface area contributed by atoms with Gasteiger partial charge in [-0.2, -0.15) is 0 Å². The molecule has 1 atom stereocenters. The van der Waals surface area contributed by atoms with Gasteiger partial charge >= 0.3 is 5.97 Å². The molecule has 0 amide bonds. The van der Waals surface area contributed by atoms with Gasteiger partial charge in [0.05, 0.1) is 0 Å². The Kier molecular flexibility index (Phi) is 3.15. The quantitative estimate of drug-likeness (QED) is 0.639. The van der Waals surface area contributed by atoms with Crippen molar-refractivity contribution in [1.82, 2.24) is 0 Å². The highest BCUT2D eigenvalue weighted by Crippen LogP contribution is 2.50. The highest BCUT2D eigenvalue weighted by molar-refractivity contribution is 9.10. The largest absolute Gasteiger partial charge is 0.426 e. The molecule has 1 aliphatic carbocycles. The fourth-order valence-corrected chi connectivity index (χ4v) is 3.06. The maximum Gasteiger partial charge on any atom is 0.308 e. The van der Waals surface area contributed by atoms with Gasteiger partial charge < -0.3 is 9.84 Å². The summed E-state index contributed by atoms with van der Waals surface area (Å²) >= 11 is 3.49. The highest BCUT2D eigenvalue weighted by Gasteiger charge is 2.32. The maximum atomic E-state index is 11.3. The first-order valence-electron chi connectivity index (χ1n) is 6.29. The zero-order chi connectivity index (χ0) is 14.4. The SMILES string of the molecule is CC(=O)Oc1c(C)c(Br)cc2c1C(O)c1ccccc1-2. The number of hydrogen-bond acceptors (Lipinski definition) is 3. The number of esters is 1. The lowest BCUT2D eigenvalue weighted by molar-refractivity contribution is -0.132. The summed E-state index contributed by atoms with van der Waals surface area (Å²) in [7, 11) is 0. The Labute approximate surface area is 125 Å². The molecule has 0 fully saturated rings. The number of halogens is 1. The molecule has 0 bridgehead atoms. The van der Waals surface area contributed by atoms with Crippen LogP contribution in [0.3, 0.4) is 0 Å². The number of benzene rings is 2. The molecule has 0 spiro atoms. The maximum absolute atomic E-state index is 11.3. The minimum absolute atomic E-state index is 0.392. The van der Waals surface area contributed by atoms with Gasteiger partial charge in [-0.25, -0.2) is 0 Å². The van der Waals surface area contributed by atoms with Crippen molar-refractivity contribution < 1.29 is 14.6 Å². The van der Waals surface area contributed by atoms with Crippen LogP contribution in [0.1, 0.15) is 29.7 Å². The molecule has 3 rings (SSSR count). The second-order valence-corrected chi connectivity index (χ2v) is 5.71. The van der Waals surface area contributed by atoms with E-state index >= 15 is 0 Å². The number of carbonyl (C=O) groups excluding carboxylic acids is 1. The summed E-state index contributed by atoms with van der Waals surface area (Å²) in [6.45, 7) is 3.22. The molecule has 102 valence electrons. The van der Waals surface area contributed by atoms with E-state index in [-0.39, 0.29) is 0 Å². The monoisotopic (exact) mass is 332 g/mol. The molecule has 20 heavy (non-hydrogen) atoms. The molecule has 0 radical (unpaired) electrons. The van der Waals surface area contributed by atoms with Crippen LogP contribution in [0.4, 0.5) is 0 Å². The molecular weight excluding hydrogens is 320 g/mol. The van der Waals surface area contributed by atoms with Crippen LogP contribution >= 0.6 is 15.9 Å². The first kappa shape index (κ1) is 13.3. The molecule has 0 heterocycles. The van der Waals surface area contributed by atoms with Crippen molar-refractivity contribution in [1.29, 1.82) is 0 Å². The molecule has 4 heteroatoms. The van der Waals surface area contributed by atoms with Gasteiger partial charge in [0.15, 0.2) is 0 Å². The molecule has 2 aromatic carbocycles. The van der Waals surface area contributed by atoms with E-state index in [1.807, 2.05) is 37.3 Å². The molecule has 0 aromatic heterocycles. The first-order chi connectivity index (χ1) is 9.50. The summed E-state index contributed by atoms with van der Waals surface area (Å²) < 4.78 is 6.20. The highest BCUT2D eigenvalue weighted by atomic mass is 79.9. The van der Waals surface area contributed by atoms with Crippen molar-refractivity contribution >= 4 is 21.9 Å². The minimum Gasteiger partial charge on any atom is -0.426 e. The molecule has 1 unspecified atom stereocenters. The minimum atomic E-state index is -0.762. The number of fused-ring (bicyclic) bond motifs is 3. The Morgan fingerprint density at radius 3 is 2.70 bits per heavy atom. The molecule has 0 saturated carbocycles. The number of aliphatic hydroxyl groups is 1. The van der Waals surface area contributed by atoms with Crippen LogP contribution in [0, 0.1) is 6.92 Å². The number of carbonyl (C=O) groups is 1. The molecule has 3 nitrogen and oxygen atoms in total. The Morgan fingerprint density at radius 2 is 2.00 bits per heavy atom. The molecule has 2 aromatic rings. The first-order valence-corrected chi connectivity index (χ1v) is 7.08. The van der Waals surface area contributed by atoms with E-state index in [4.69, 9.17) is 4.74 Å². The molecule has 0 aliphatic heterocycles. The van der Waals surface area contributed by atoms with E-state index in [1.165, 1.54) is 6.92 Å². The second-order valence-electron chi connectivity index (χ2n) is 4.86. The van der Waals surface area contributed by atoms with Crippen molar-refractivity contribution in [3.8, 4) is 16.9 Å². The van der Waals surface area contributed by atoms with E-state index in [1.54, 1.807) is 0 Å². The smallest absolute Gasteiger partial charge is 0.308 e. The molecule has 1 aliphatic rings. The summed E-state index contributed by atoms with van der Waals surface area (Å²) in [5.74, 6) is 0.0575. The van der Waals surface area contributed by atoms with Crippen molar-refractivity contribution in [2.75, 3.05) is 0 Å². The van der Waals surface area contributed by atoms with Gasteiger partial charge in [0.25, 0.3) is 0 Å². The zero-order valence-corrected chi connectivity index (χ0v) is 12.7. The third-order valence-electron chi connectivity index (χ3n) is 3.57. The average molecular weight is 333 g/mol. The summed E-state index contributed by atoms with van der Waals surface area (Å²) in [6, 6.07) is 9.64. The summed E-state index contributed by atoms with van der Waals surface area (Å²) in [4.78, 5) is 11.3. The number of aliphatic hydroxyl groups excluding tert-OH is 1. The number of rotatable bonds is 1. The third-order valence-corrected chi connectivity index (χ3v) is 4.39. The predicted octanol–water partition coefficient (Wildman–Crippen LogP) is 3.74. The number of hydrogen-bond donors (Lipinski definition) is 1. The molecule has 0 saturated heterocycles. The van der Waals surface area contributed by atoms with E-state index in [9.17, 15) is 9.90 Å². The van der Waals surface area contributed by atoms with Crippen LogP contribution in [-0.2, 0) is 4.79 Å². The summed E-state index contributed by atoms with van der Waals surface area (Å²) in [6.07, 6.45) is -0.762. The van der Waals surface area contributed by atoms with Crippen LogP contribution in [0.25, 0.3) is 11.1 Å². The van der Waals surface area contributed by atoms with Crippen molar-refractivity contribution in [3.63, 3.8) is 0 Å². The molecular formula is C16H13BrO3.